The van der Waals surface area contributed by atoms with Crippen LogP contribution in [0.3, 0.4) is 0 Å². The van der Waals surface area contributed by atoms with Gasteiger partial charge in [0.1, 0.15) is 0 Å². The minimum absolute atomic E-state index is 0.241. The Labute approximate surface area is 177 Å². The number of nitrogens with one attached hydrogen (secondary N) is 6. The van der Waals surface area contributed by atoms with E-state index in [4.69, 9.17) is 59.9 Å². The van der Waals surface area contributed by atoms with Crippen molar-refractivity contribution in [3.63, 3.8) is 0 Å². The standard InChI is InChI=1S/C15H14Cl2N6S3/c16-9-1-5-11(6-2-9)18-13(24)20-22-15(26)23-21-14(25)19-12-7-3-10(17)4-8-12/h1-8H,(H2,18,20,24)(H2,19,21,25)(H2,22,23,26). The summed E-state index contributed by atoms with van der Waals surface area (Å²) in [5.74, 6) is 0. The number of rotatable bonds is 2. The summed E-state index contributed by atoms with van der Waals surface area (Å²) in [4.78, 5) is 0. The van der Waals surface area contributed by atoms with Crippen molar-refractivity contribution in [1.82, 2.24) is 21.7 Å². The van der Waals surface area contributed by atoms with Crippen molar-refractivity contribution < 1.29 is 0 Å². The summed E-state index contributed by atoms with van der Waals surface area (Å²) in [7, 11) is 0. The summed E-state index contributed by atoms with van der Waals surface area (Å²) in [6, 6.07) is 14.2. The van der Waals surface area contributed by atoms with Crippen LogP contribution < -0.4 is 32.3 Å². The van der Waals surface area contributed by atoms with Crippen molar-refractivity contribution >= 4 is 86.6 Å². The summed E-state index contributed by atoms with van der Waals surface area (Å²) in [6.45, 7) is 0. The second kappa shape index (κ2) is 10.3. The van der Waals surface area contributed by atoms with E-state index in [1.54, 1.807) is 48.5 Å². The molecular formula is C15H14Cl2N6S3. The normalized spacial score (nSPS) is 9.62. The maximum Gasteiger partial charge on any atom is 0.204 e. The summed E-state index contributed by atoms with van der Waals surface area (Å²) in [5.41, 5.74) is 12.5. The number of halogens is 2. The predicted octanol–water partition coefficient (Wildman–Crippen LogP) is 3.56. The molecule has 0 spiro atoms. The van der Waals surface area contributed by atoms with Crippen LogP contribution in [0.2, 0.25) is 10.0 Å². The van der Waals surface area contributed by atoms with Crippen LogP contribution in [0.15, 0.2) is 48.5 Å². The molecule has 0 fully saturated rings. The number of anilines is 2. The highest BCUT2D eigenvalue weighted by molar-refractivity contribution is 7.81. The Bertz CT molecular complexity index is 717. The van der Waals surface area contributed by atoms with E-state index in [1.807, 2.05) is 0 Å². The maximum atomic E-state index is 5.83. The van der Waals surface area contributed by atoms with E-state index in [0.717, 1.165) is 11.4 Å². The van der Waals surface area contributed by atoms with Crippen LogP contribution in [0.1, 0.15) is 0 Å². The topological polar surface area (TPSA) is 72.2 Å². The first-order valence-electron chi connectivity index (χ1n) is 7.13. The first-order valence-corrected chi connectivity index (χ1v) is 9.11. The van der Waals surface area contributed by atoms with Crippen molar-refractivity contribution in [3.8, 4) is 0 Å². The van der Waals surface area contributed by atoms with E-state index >= 15 is 0 Å². The zero-order valence-corrected chi connectivity index (χ0v) is 17.1. The van der Waals surface area contributed by atoms with Gasteiger partial charge in [0, 0.05) is 21.4 Å². The van der Waals surface area contributed by atoms with E-state index < -0.39 is 0 Å². The molecule has 6 nitrogen and oxygen atoms in total. The van der Waals surface area contributed by atoms with Crippen LogP contribution in [0.5, 0.6) is 0 Å². The molecule has 0 aliphatic rings. The van der Waals surface area contributed by atoms with Gasteiger partial charge in [-0.15, -0.1) is 0 Å². The molecule has 136 valence electrons. The van der Waals surface area contributed by atoms with E-state index in [2.05, 4.69) is 32.3 Å². The molecule has 0 atom stereocenters. The Kier molecular flexibility index (Phi) is 8.07. The quantitative estimate of drug-likeness (QED) is 0.308. The molecule has 2 aromatic rings. The molecule has 0 amide bonds. The van der Waals surface area contributed by atoms with Crippen LogP contribution in [0.4, 0.5) is 11.4 Å². The minimum Gasteiger partial charge on any atom is -0.331 e. The summed E-state index contributed by atoms with van der Waals surface area (Å²) in [5, 5.41) is 8.13. The van der Waals surface area contributed by atoms with Gasteiger partial charge in [0.2, 0.25) is 5.11 Å². The van der Waals surface area contributed by atoms with E-state index in [1.165, 1.54) is 0 Å². The molecule has 0 heterocycles. The van der Waals surface area contributed by atoms with Gasteiger partial charge in [-0.25, -0.2) is 0 Å². The Hall–Kier alpha value is -1.91. The Morgan fingerprint density at radius 1 is 0.538 bits per heavy atom. The van der Waals surface area contributed by atoms with Gasteiger partial charge in [0.15, 0.2) is 10.2 Å². The second-order valence-electron chi connectivity index (χ2n) is 4.75. The van der Waals surface area contributed by atoms with Gasteiger partial charge in [0.25, 0.3) is 0 Å². The fourth-order valence-electron chi connectivity index (χ4n) is 1.65. The highest BCUT2D eigenvalue weighted by Crippen LogP contribution is 2.13. The third-order valence-electron chi connectivity index (χ3n) is 2.78. The Morgan fingerprint density at radius 2 is 0.846 bits per heavy atom. The molecule has 0 saturated heterocycles. The first-order chi connectivity index (χ1) is 12.4. The van der Waals surface area contributed by atoms with Crippen molar-refractivity contribution in [3.05, 3.63) is 58.6 Å². The van der Waals surface area contributed by atoms with Crippen LogP contribution in [-0.2, 0) is 0 Å². The van der Waals surface area contributed by atoms with Gasteiger partial charge in [0.05, 0.1) is 0 Å². The van der Waals surface area contributed by atoms with Crippen molar-refractivity contribution in [2.45, 2.75) is 0 Å². The van der Waals surface area contributed by atoms with Crippen LogP contribution in [-0.4, -0.2) is 15.3 Å². The monoisotopic (exact) mass is 444 g/mol. The number of thiocarbonyl (C=S) groups is 3. The van der Waals surface area contributed by atoms with Gasteiger partial charge in [-0.2, -0.15) is 0 Å². The Morgan fingerprint density at radius 3 is 1.19 bits per heavy atom. The molecular weight excluding hydrogens is 431 g/mol. The average molecular weight is 445 g/mol. The van der Waals surface area contributed by atoms with Crippen molar-refractivity contribution in [1.29, 1.82) is 0 Å². The highest BCUT2D eigenvalue weighted by atomic mass is 35.5. The maximum absolute atomic E-state index is 5.83. The number of hydrogen-bond donors (Lipinski definition) is 6. The van der Waals surface area contributed by atoms with Crippen LogP contribution in [0, 0.1) is 0 Å². The van der Waals surface area contributed by atoms with E-state index in [9.17, 15) is 0 Å². The predicted molar refractivity (Wildman–Crippen MR) is 120 cm³/mol. The summed E-state index contributed by atoms with van der Waals surface area (Å²) >= 11 is 27.0. The molecule has 0 aliphatic heterocycles. The molecule has 11 heteroatoms. The lowest BCUT2D eigenvalue weighted by Crippen LogP contribution is -2.53. The van der Waals surface area contributed by atoms with Gasteiger partial charge in [-0.3, -0.25) is 21.7 Å². The fraction of sp³-hybridized carbons (Fsp3) is 0. The fourth-order valence-corrected chi connectivity index (χ4v) is 2.34. The number of hydrogen-bond acceptors (Lipinski definition) is 3. The third kappa shape index (κ3) is 7.54. The highest BCUT2D eigenvalue weighted by Gasteiger charge is 2.01. The van der Waals surface area contributed by atoms with Crippen LogP contribution >= 0.6 is 59.9 Å². The van der Waals surface area contributed by atoms with Crippen molar-refractivity contribution in [2.75, 3.05) is 10.6 Å². The van der Waals surface area contributed by atoms with Crippen LogP contribution in [0.25, 0.3) is 0 Å². The zero-order chi connectivity index (χ0) is 18.9. The zero-order valence-electron chi connectivity index (χ0n) is 13.1. The molecule has 0 radical (unpaired) electrons. The first kappa shape index (κ1) is 20.4. The van der Waals surface area contributed by atoms with E-state index in [-0.39, 0.29) is 5.11 Å². The molecule has 2 aromatic carbocycles. The number of hydrazine groups is 2. The second-order valence-corrected chi connectivity index (χ2v) is 6.85. The summed E-state index contributed by atoms with van der Waals surface area (Å²) < 4.78 is 0. The lowest BCUT2D eigenvalue weighted by molar-refractivity contribution is 0.788. The molecule has 0 bridgehead atoms. The third-order valence-corrected chi connectivity index (χ3v) is 3.90. The number of benzene rings is 2. The molecule has 2 rings (SSSR count). The average Bonchev–Trinajstić information content (AvgIpc) is 2.62. The van der Waals surface area contributed by atoms with E-state index in [0.29, 0.717) is 20.3 Å². The lowest BCUT2D eigenvalue weighted by atomic mass is 10.3. The smallest absolute Gasteiger partial charge is 0.204 e. The van der Waals surface area contributed by atoms with Gasteiger partial charge in [-0.1, -0.05) is 23.2 Å². The minimum atomic E-state index is 0.241. The largest absolute Gasteiger partial charge is 0.331 e. The van der Waals surface area contributed by atoms with Gasteiger partial charge < -0.3 is 10.6 Å². The molecule has 6 N–H and O–H groups in total. The molecule has 0 aliphatic carbocycles. The SMILES string of the molecule is S=C(NNC(=S)Nc1ccc(Cl)cc1)NNC(=S)Nc1ccc(Cl)cc1. The van der Waals surface area contributed by atoms with Gasteiger partial charge >= 0.3 is 0 Å². The summed E-state index contributed by atoms with van der Waals surface area (Å²) in [6.07, 6.45) is 0. The lowest BCUT2D eigenvalue weighted by Gasteiger charge is -2.16. The molecule has 0 aromatic heterocycles. The van der Waals surface area contributed by atoms with Crippen molar-refractivity contribution in [2.24, 2.45) is 0 Å². The molecule has 26 heavy (non-hydrogen) atoms. The Balaban J connectivity index is 1.66. The molecule has 0 saturated carbocycles. The van der Waals surface area contributed by atoms with Gasteiger partial charge in [-0.05, 0) is 85.2 Å². The molecule has 0 unspecified atom stereocenters.